The van der Waals surface area contributed by atoms with Gasteiger partial charge in [0.2, 0.25) is 5.91 Å². The van der Waals surface area contributed by atoms with Crippen molar-refractivity contribution in [3.05, 3.63) is 50.1 Å². The van der Waals surface area contributed by atoms with Crippen LogP contribution < -0.4 is 25.0 Å². The van der Waals surface area contributed by atoms with Crippen molar-refractivity contribution in [2.45, 2.75) is 66.1 Å². The van der Waals surface area contributed by atoms with Gasteiger partial charge in [0.25, 0.3) is 11.4 Å². The Labute approximate surface area is 271 Å². The molecule has 0 saturated heterocycles. The van der Waals surface area contributed by atoms with Crippen LogP contribution in [0.15, 0.2) is 24.3 Å². The van der Waals surface area contributed by atoms with Crippen molar-refractivity contribution in [3.63, 3.8) is 0 Å². The van der Waals surface area contributed by atoms with Crippen LogP contribution in [0.25, 0.3) is 0 Å². The second kappa shape index (κ2) is 16.5. The first-order chi connectivity index (χ1) is 21.2. The highest BCUT2D eigenvalue weighted by molar-refractivity contribution is 6.29. The van der Waals surface area contributed by atoms with Gasteiger partial charge in [-0.05, 0) is 54.0 Å². The molecule has 17 heteroatoms. The Morgan fingerprint density at radius 3 is 1.57 bits per heavy atom. The molecule has 0 atom stereocenters. The van der Waals surface area contributed by atoms with E-state index in [1.807, 2.05) is 6.92 Å². The van der Waals surface area contributed by atoms with Gasteiger partial charge in [-0.2, -0.15) is 0 Å². The van der Waals surface area contributed by atoms with E-state index in [0.29, 0.717) is 17.7 Å². The lowest BCUT2D eigenvalue weighted by atomic mass is 10.1. The number of hydrogen-bond acceptors (Lipinski definition) is 11. The molecule has 46 heavy (non-hydrogen) atoms. The summed E-state index contributed by atoms with van der Waals surface area (Å²) in [6.07, 6.45) is -1.00. The van der Waals surface area contributed by atoms with Gasteiger partial charge in [0, 0.05) is 30.8 Å². The molecule has 2 N–H and O–H groups in total. The summed E-state index contributed by atoms with van der Waals surface area (Å²) in [7, 11) is 4.11. The van der Waals surface area contributed by atoms with Crippen molar-refractivity contribution in [2.75, 3.05) is 42.7 Å². The zero-order valence-corrected chi connectivity index (χ0v) is 28.2. The Bertz CT molecular complexity index is 1450. The van der Waals surface area contributed by atoms with Gasteiger partial charge in [0.05, 0.1) is 35.4 Å². The molecular weight excluding hydrogens is 630 g/mol. The maximum absolute atomic E-state index is 11.9. The quantitative estimate of drug-likeness (QED) is 0.164. The summed E-state index contributed by atoms with van der Waals surface area (Å²) in [4.78, 5) is 57.7. The van der Waals surface area contributed by atoms with E-state index in [1.165, 1.54) is 33.4 Å². The van der Waals surface area contributed by atoms with Crippen LogP contribution >= 0.6 is 11.6 Å². The smallest absolute Gasteiger partial charge is 0.412 e. The number of rotatable bonds is 9. The summed E-state index contributed by atoms with van der Waals surface area (Å²) in [5.41, 5.74) is -1.09. The molecule has 2 aromatic rings. The number of nitro benzene ring substituents is 2. The van der Waals surface area contributed by atoms with E-state index in [-0.39, 0.29) is 34.4 Å². The van der Waals surface area contributed by atoms with Crippen LogP contribution in [0.1, 0.15) is 54.0 Å². The highest BCUT2D eigenvalue weighted by Gasteiger charge is 2.26. The van der Waals surface area contributed by atoms with Gasteiger partial charge in [-0.1, -0.05) is 6.92 Å². The number of anilines is 3. The normalized spacial score (nSPS) is 10.8. The molecule has 0 saturated carbocycles. The molecule has 0 aromatic heterocycles. The number of amides is 3. The first-order valence-electron chi connectivity index (χ1n) is 13.7. The number of ether oxygens (including phenoxy) is 4. The second-order valence-corrected chi connectivity index (χ2v) is 11.7. The number of nitro groups is 2. The average Bonchev–Trinajstić information content (AvgIpc) is 2.93. The molecule has 0 aliphatic rings. The van der Waals surface area contributed by atoms with Crippen LogP contribution in [0.4, 0.5) is 38.0 Å². The number of carbonyl (C=O) groups is 3. The monoisotopic (exact) mass is 669 g/mol. The first-order valence-corrected chi connectivity index (χ1v) is 14.3. The summed E-state index contributed by atoms with van der Waals surface area (Å²) in [6, 6.07) is 5.19. The summed E-state index contributed by atoms with van der Waals surface area (Å²) >= 11 is 5.50. The zero-order chi connectivity index (χ0) is 35.6. The van der Waals surface area contributed by atoms with Crippen LogP contribution in [0, 0.1) is 20.2 Å². The van der Waals surface area contributed by atoms with Gasteiger partial charge < -0.3 is 23.8 Å². The van der Waals surface area contributed by atoms with Gasteiger partial charge in [-0.3, -0.25) is 35.7 Å². The number of methoxy groups -OCH3 is 2. The van der Waals surface area contributed by atoms with Crippen molar-refractivity contribution in [1.29, 1.82) is 0 Å². The Hall–Kier alpha value is -4.86. The number of halogens is 1. The fraction of sp³-hybridized carbons (Fsp3) is 0.483. The third-order valence-corrected chi connectivity index (χ3v) is 5.82. The maximum atomic E-state index is 11.9. The Kier molecular flexibility index (Phi) is 14.0. The molecule has 0 aliphatic carbocycles. The van der Waals surface area contributed by atoms with E-state index in [2.05, 4.69) is 10.6 Å². The number of alkyl halides is 1. The minimum atomic E-state index is -0.793. The molecule has 2 rings (SSSR count). The van der Waals surface area contributed by atoms with Crippen LogP contribution in [0.3, 0.4) is 0 Å². The molecule has 0 bridgehead atoms. The molecule has 0 spiro atoms. The van der Waals surface area contributed by atoms with Crippen LogP contribution in [-0.4, -0.2) is 66.3 Å². The minimum absolute atomic E-state index is 0.0118. The molecule has 0 unspecified atom stereocenters. The molecule has 0 fully saturated rings. The highest BCUT2D eigenvalue weighted by atomic mass is 35.5. The van der Waals surface area contributed by atoms with Gasteiger partial charge in [0.1, 0.15) is 34.3 Å². The second-order valence-electron chi connectivity index (χ2n) is 11.4. The standard InChI is InChI=1S/C15H20ClN3O6.C14H20N2O5/c1-15(2,3)25-14(21)17-9-6-11(19(22)23)10(7-12(9)24-5)18(4)13(20)8-16;1-6-9-7-12(20-5)10(8-11(9)16(18)19)15-13(17)21-14(2,3)4/h6-7H,8H2,1-5H3,(H,17,21);7-8H,6H2,1-5H3,(H,15,17). The molecule has 0 radical (unpaired) electrons. The lowest BCUT2D eigenvalue weighted by Gasteiger charge is -2.21. The fourth-order valence-electron chi connectivity index (χ4n) is 3.62. The maximum Gasteiger partial charge on any atom is 0.412 e. The van der Waals surface area contributed by atoms with Crippen LogP contribution in [0.2, 0.25) is 0 Å². The average molecular weight is 670 g/mol. The van der Waals surface area contributed by atoms with Crippen LogP contribution in [0.5, 0.6) is 11.5 Å². The molecule has 2 aromatic carbocycles. The van der Waals surface area contributed by atoms with Crippen molar-refractivity contribution >= 4 is 58.1 Å². The molecule has 0 aliphatic heterocycles. The fourth-order valence-corrected chi connectivity index (χ4v) is 3.80. The van der Waals surface area contributed by atoms with Gasteiger partial charge in [-0.25, -0.2) is 9.59 Å². The molecular formula is C29H40ClN5O11. The predicted molar refractivity (Wildman–Crippen MR) is 173 cm³/mol. The lowest BCUT2D eigenvalue weighted by Crippen LogP contribution is -2.28. The van der Waals surface area contributed by atoms with Gasteiger partial charge in [0.15, 0.2) is 0 Å². The van der Waals surface area contributed by atoms with Crippen LogP contribution in [-0.2, 0) is 20.7 Å². The van der Waals surface area contributed by atoms with E-state index in [0.717, 1.165) is 11.0 Å². The number of benzene rings is 2. The lowest BCUT2D eigenvalue weighted by molar-refractivity contribution is -0.385. The van der Waals surface area contributed by atoms with Gasteiger partial charge in [-0.15, -0.1) is 11.6 Å². The van der Waals surface area contributed by atoms with E-state index in [4.69, 9.17) is 30.5 Å². The van der Waals surface area contributed by atoms with E-state index in [1.54, 1.807) is 47.6 Å². The number of nitrogens with one attached hydrogen (secondary N) is 2. The summed E-state index contributed by atoms with van der Waals surface area (Å²) in [5.74, 6) is -0.392. The molecule has 0 heterocycles. The SMILES string of the molecule is CCc1cc(OC)c(NC(=O)OC(C)(C)C)cc1[N+](=O)[O-].COc1cc(N(C)C(=O)CCl)c([N+](=O)[O-])cc1NC(=O)OC(C)(C)C. The zero-order valence-electron chi connectivity index (χ0n) is 27.4. The van der Waals surface area contributed by atoms with E-state index in [9.17, 15) is 34.6 Å². The topological polar surface area (TPSA) is 202 Å². The Balaban J connectivity index is 0.000000467. The summed E-state index contributed by atoms with van der Waals surface area (Å²) < 4.78 is 20.6. The predicted octanol–water partition coefficient (Wildman–Crippen LogP) is 6.66. The van der Waals surface area contributed by atoms with Gasteiger partial charge >= 0.3 is 12.2 Å². The van der Waals surface area contributed by atoms with Crippen molar-refractivity contribution in [3.8, 4) is 11.5 Å². The van der Waals surface area contributed by atoms with Crippen molar-refractivity contribution in [1.82, 2.24) is 0 Å². The van der Waals surface area contributed by atoms with E-state index < -0.39 is 44.8 Å². The Morgan fingerprint density at radius 1 is 0.804 bits per heavy atom. The number of hydrogen-bond donors (Lipinski definition) is 2. The highest BCUT2D eigenvalue weighted by Crippen LogP contribution is 2.38. The third-order valence-electron chi connectivity index (χ3n) is 5.59. The minimum Gasteiger partial charge on any atom is -0.495 e. The number of aryl methyl sites for hydroxylation is 1. The number of nitrogens with zero attached hydrogens (tertiary/aromatic N) is 3. The van der Waals surface area contributed by atoms with Crippen molar-refractivity contribution < 1.29 is 43.2 Å². The van der Waals surface area contributed by atoms with Crippen molar-refractivity contribution in [2.24, 2.45) is 0 Å². The number of carbonyl (C=O) groups excluding carboxylic acids is 3. The Morgan fingerprint density at radius 2 is 1.22 bits per heavy atom. The summed E-state index contributed by atoms with van der Waals surface area (Å²) in [5, 5.41) is 27.3. The molecule has 3 amide bonds. The largest absolute Gasteiger partial charge is 0.495 e. The van der Waals surface area contributed by atoms with E-state index >= 15 is 0 Å². The molecule has 16 nitrogen and oxygen atoms in total. The first kappa shape index (κ1) is 39.2. The molecule has 254 valence electrons. The summed E-state index contributed by atoms with van der Waals surface area (Å²) in [6.45, 7) is 12.0. The third kappa shape index (κ3) is 11.9.